The highest BCUT2D eigenvalue weighted by molar-refractivity contribution is 6.33. The minimum atomic E-state index is 0.734. The summed E-state index contributed by atoms with van der Waals surface area (Å²) in [7, 11) is 0. The predicted molar refractivity (Wildman–Crippen MR) is 65.0 cm³/mol. The van der Waals surface area contributed by atoms with Crippen LogP contribution in [0.15, 0.2) is 36.5 Å². The van der Waals surface area contributed by atoms with Crippen molar-refractivity contribution in [3.63, 3.8) is 0 Å². The molecule has 0 spiro atoms. The standard InChI is InChI=1S/C12H13ClN2/c1-2-15-8-7-10(12(15)14)9-5-3-4-6-11(9)13/h3-8H,2,14H2,1H3. The van der Waals surface area contributed by atoms with Crippen LogP contribution in [0.2, 0.25) is 5.02 Å². The van der Waals surface area contributed by atoms with Gasteiger partial charge in [-0.2, -0.15) is 0 Å². The third-order valence-electron chi connectivity index (χ3n) is 2.51. The highest BCUT2D eigenvalue weighted by Gasteiger charge is 2.09. The van der Waals surface area contributed by atoms with Crippen LogP contribution in [0.3, 0.4) is 0 Å². The van der Waals surface area contributed by atoms with Crippen LogP contribution in [0.5, 0.6) is 0 Å². The van der Waals surface area contributed by atoms with Gasteiger partial charge in [0.05, 0.1) is 0 Å². The van der Waals surface area contributed by atoms with Crippen molar-refractivity contribution in [2.75, 3.05) is 5.73 Å². The highest BCUT2D eigenvalue weighted by atomic mass is 35.5. The monoisotopic (exact) mass is 220 g/mol. The fraction of sp³-hybridized carbons (Fsp3) is 0.167. The van der Waals surface area contributed by atoms with E-state index in [9.17, 15) is 0 Å². The number of hydrogen-bond acceptors (Lipinski definition) is 1. The van der Waals surface area contributed by atoms with E-state index < -0.39 is 0 Å². The summed E-state index contributed by atoms with van der Waals surface area (Å²) < 4.78 is 2.00. The summed E-state index contributed by atoms with van der Waals surface area (Å²) in [5.74, 6) is 0.769. The number of anilines is 1. The molecular formula is C12H13ClN2. The van der Waals surface area contributed by atoms with Gasteiger partial charge >= 0.3 is 0 Å². The molecule has 1 aromatic heterocycles. The predicted octanol–water partition coefficient (Wildman–Crippen LogP) is 3.41. The lowest BCUT2D eigenvalue weighted by atomic mass is 10.1. The molecule has 0 saturated carbocycles. The van der Waals surface area contributed by atoms with Gasteiger partial charge in [-0.05, 0) is 19.1 Å². The van der Waals surface area contributed by atoms with Crippen LogP contribution >= 0.6 is 11.6 Å². The van der Waals surface area contributed by atoms with Crippen LogP contribution < -0.4 is 5.73 Å². The molecular weight excluding hydrogens is 208 g/mol. The first kappa shape index (κ1) is 10.1. The second-order valence-electron chi connectivity index (χ2n) is 3.38. The average Bonchev–Trinajstić information content (AvgIpc) is 2.60. The normalized spacial score (nSPS) is 10.5. The van der Waals surface area contributed by atoms with Crippen molar-refractivity contribution in [2.45, 2.75) is 13.5 Å². The van der Waals surface area contributed by atoms with Crippen molar-refractivity contribution in [2.24, 2.45) is 0 Å². The van der Waals surface area contributed by atoms with Crippen LogP contribution in [0.4, 0.5) is 5.82 Å². The summed E-state index contributed by atoms with van der Waals surface area (Å²) in [6.07, 6.45) is 1.98. The van der Waals surface area contributed by atoms with Crippen LogP contribution in [-0.4, -0.2) is 4.57 Å². The first-order chi connectivity index (χ1) is 7.24. The number of aryl methyl sites for hydroxylation is 1. The van der Waals surface area contributed by atoms with E-state index in [1.165, 1.54) is 0 Å². The molecule has 0 atom stereocenters. The van der Waals surface area contributed by atoms with Gasteiger partial charge in [-0.3, -0.25) is 0 Å². The summed E-state index contributed by atoms with van der Waals surface area (Å²) in [5, 5.41) is 0.734. The minimum absolute atomic E-state index is 0.734. The SMILES string of the molecule is CCn1ccc(-c2ccccc2Cl)c1N. The van der Waals surface area contributed by atoms with E-state index in [-0.39, 0.29) is 0 Å². The number of nitrogens with zero attached hydrogens (tertiary/aromatic N) is 1. The second-order valence-corrected chi connectivity index (χ2v) is 3.79. The van der Waals surface area contributed by atoms with E-state index in [1.54, 1.807) is 0 Å². The Kier molecular flexibility index (Phi) is 2.69. The maximum Gasteiger partial charge on any atom is 0.111 e. The summed E-state index contributed by atoms with van der Waals surface area (Å²) in [6.45, 7) is 2.93. The van der Waals surface area contributed by atoms with Gasteiger partial charge < -0.3 is 10.3 Å². The van der Waals surface area contributed by atoms with Gasteiger partial charge in [0.25, 0.3) is 0 Å². The molecule has 0 aliphatic carbocycles. The van der Waals surface area contributed by atoms with E-state index in [1.807, 2.05) is 41.1 Å². The number of nitrogen functional groups attached to an aromatic ring is 1. The molecule has 1 heterocycles. The van der Waals surface area contributed by atoms with Crippen LogP contribution in [0.1, 0.15) is 6.92 Å². The maximum atomic E-state index is 6.12. The number of rotatable bonds is 2. The lowest BCUT2D eigenvalue weighted by Crippen LogP contribution is -1.99. The maximum absolute atomic E-state index is 6.12. The molecule has 0 bridgehead atoms. The molecule has 78 valence electrons. The first-order valence-corrected chi connectivity index (χ1v) is 5.31. The van der Waals surface area contributed by atoms with E-state index in [0.717, 1.165) is 28.5 Å². The van der Waals surface area contributed by atoms with Crippen LogP contribution in [-0.2, 0) is 6.54 Å². The van der Waals surface area contributed by atoms with Crippen molar-refractivity contribution >= 4 is 17.4 Å². The fourth-order valence-corrected chi connectivity index (χ4v) is 1.91. The minimum Gasteiger partial charge on any atom is -0.385 e. The largest absolute Gasteiger partial charge is 0.385 e. The molecule has 0 aliphatic heterocycles. The fourth-order valence-electron chi connectivity index (χ4n) is 1.67. The third kappa shape index (κ3) is 1.73. The quantitative estimate of drug-likeness (QED) is 0.826. The molecule has 0 aliphatic rings. The zero-order valence-electron chi connectivity index (χ0n) is 8.57. The van der Waals surface area contributed by atoms with Gasteiger partial charge in [0, 0.05) is 28.9 Å². The van der Waals surface area contributed by atoms with E-state index >= 15 is 0 Å². The Morgan fingerprint density at radius 1 is 1.20 bits per heavy atom. The molecule has 0 amide bonds. The highest BCUT2D eigenvalue weighted by Crippen LogP contribution is 2.32. The molecule has 2 nitrogen and oxygen atoms in total. The summed E-state index contributed by atoms with van der Waals surface area (Å²) >= 11 is 6.12. The van der Waals surface area contributed by atoms with E-state index in [4.69, 9.17) is 17.3 Å². The van der Waals surface area contributed by atoms with E-state index in [0.29, 0.717) is 0 Å². The average molecular weight is 221 g/mol. The topological polar surface area (TPSA) is 30.9 Å². The van der Waals surface area contributed by atoms with Crippen molar-refractivity contribution in [1.29, 1.82) is 0 Å². The van der Waals surface area contributed by atoms with Gasteiger partial charge in [0.1, 0.15) is 5.82 Å². The zero-order chi connectivity index (χ0) is 10.8. The molecule has 0 saturated heterocycles. The molecule has 1 aromatic carbocycles. The van der Waals surface area contributed by atoms with Crippen LogP contribution in [0.25, 0.3) is 11.1 Å². The Bertz CT molecular complexity index is 474. The number of aromatic nitrogens is 1. The smallest absolute Gasteiger partial charge is 0.111 e. The van der Waals surface area contributed by atoms with Crippen molar-refractivity contribution in [3.8, 4) is 11.1 Å². The number of hydrogen-bond donors (Lipinski definition) is 1. The molecule has 2 N–H and O–H groups in total. The first-order valence-electron chi connectivity index (χ1n) is 4.93. The molecule has 3 heteroatoms. The van der Waals surface area contributed by atoms with Gasteiger partial charge in [-0.25, -0.2) is 0 Å². The van der Waals surface area contributed by atoms with Crippen molar-refractivity contribution < 1.29 is 0 Å². The molecule has 0 unspecified atom stereocenters. The lowest BCUT2D eigenvalue weighted by Gasteiger charge is -2.05. The molecule has 15 heavy (non-hydrogen) atoms. The van der Waals surface area contributed by atoms with Gasteiger partial charge in [0.2, 0.25) is 0 Å². The lowest BCUT2D eigenvalue weighted by molar-refractivity contribution is 0.780. The van der Waals surface area contributed by atoms with Gasteiger partial charge in [-0.1, -0.05) is 29.8 Å². The Morgan fingerprint density at radius 3 is 2.53 bits per heavy atom. The summed E-state index contributed by atoms with van der Waals surface area (Å²) in [6, 6.07) is 9.73. The number of benzene rings is 1. The number of nitrogens with two attached hydrogens (primary N) is 1. The number of halogens is 1. The second kappa shape index (κ2) is 3.99. The summed E-state index contributed by atoms with van der Waals surface area (Å²) in [5.41, 5.74) is 8.01. The zero-order valence-corrected chi connectivity index (χ0v) is 9.33. The van der Waals surface area contributed by atoms with Crippen molar-refractivity contribution in [3.05, 3.63) is 41.6 Å². The molecule has 0 radical (unpaired) electrons. The Hall–Kier alpha value is -1.41. The van der Waals surface area contributed by atoms with Gasteiger partial charge in [-0.15, -0.1) is 0 Å². The summed E-state index contributed by atoms with van der Waals surface area (Å²) in [4.78, 5) is 0. The Balaban J connectivity index is 2.55. The van der Waals surface area contributed by atoms with Crippen molar-refractivity contribution in [1.82, 2.24) is 4.57 Å². The molecule has 0 fully saturated rings. The third-order valence-corrected chi connectivity index (χ3v) is 2.84. The Morgan fingerprint density at radius 2 is 1.93 bits per heavy atom. The Labute approximate surface area is 94.3 Å². The van der Waals surface area contributed by atoms with E-state index in [2.05, 4.69) is 6.92 Å². The molecule has 2 rings (SSSR count). The van der Waals surface area contributed by atoms with Gasteiger partial charge in [0.15, 0.2) is 0 Å². The molecule has 2 aromatic rings. The van der Waals surface area contributed by atoms with Crippen LogP contribution in [0, 0.1) is 0 Å².